The van der Waals surface area contributed by atoms with Crippen LogP contribution in [-0.2, 0) is 4.74 Å². The van der Waals surface area contributed by atoms with Crippen molar-refractivity contribution in [2.45, 2.75) is 51.7 Å². The average Bonchev–Trinajstić information content (AvgIpc) is 2.37. The lowest BCUT2D eigenvalue weighted by Gasteiger charge is -2.24. The molecule has 1 rings (SSSR count). The molecule has 0 spiro atoms. The Balaban J connectivity index is 1.91. The molecule has 2 atom stereocenters. The molecule has 0 amide bonds. The summed E-state index contributed by atoms with van der Waals surface area (Å²) in [4.78, 5) is 0. The SMILES string of the molecule is CC(C)CCCOCC(O)CNC1CCCSC1. The maximum atomic E-state index is 9.79. The van der Waals surface area contributed by atoms with Gasteiger partial charge in [0.25, 0.3) is 0 Å². The van der Waals surface area contributed by atoms with Crippen molar-refractivity contribution in [3.05, 3.63) is 0 Å². The van der Waals surface area contributed by atoms with E-state index in [0.717, 1.165) is 18.9 Å². The van der Waals surface area contributed by atoms with Gasteiger partial charge >= 0.3 is 0 Å². The molecule has 2 unspecified atom stereocenters. The molecule has 4 heteroatoms. The minimum absolute atomic E-state index is 0.365. The fraction of sp³-hybridized carbons (Fsp3) is 1.00. The van der Waals surface area contributed by atoms with Crippen LogP contribution in [0.1, 0.15) is 39.5 Å². The van der Waals surface area contributed by atoms with E-state index in [2.05, 4.69) is 19.2 Å². The molecule has 0 aromatic heterocycles. The van der Waals surface area contributed by atoms with Gasteiger partial charge in [-0.2, -0.15) is 11.8 Å². The summed E-state index contributed by atoms with van der Waals surface area (Å²) in [5.41, 5.74) is 0. The second kappa shape index (κ2) is 10.1. The van der Waals surface area contributed by atoms with Gasteiger partial charge in [0.05, 0.1) is 12.7 Å². The Kier molecular flexibility index (Phi) is 9.11. The number of rotatable bonds is 9. The van der Waals surface area contributed by atoms with Crippen molar-refractivity contribution in [1.82, 2.24) is 5.32 Å². The number of ether oxygens (including phenoxy) is 1. The molecule has 0 bridgehead atoms. The molecule has 0 aromatic rings. The Labute approximate surface area is 116 Å². The molecule has 0 aromatic carbocycles. The number of aliphatic hydroxyl groups excluding tert-OH is 1. The summed E-state index contributed by atoms with van der Waals surface area (Å²) in [5.74, 6) is 3.21. The Morgan fingerprint density at radius 1 is 1.44 bits per heavy atom. The predicted molar refractivity (Wildman–Crippen MR) is 79.2 cm³/mol. The Morgan fingerprint density at radius 2 is 2.28 bits per heavy atom. The van der Waals surface area contributed by atoms with Gasteiger partial charge in [0.15, 0.2) is 0 Å². The van der Waals surface area contributed by atoms with Gasteiger partial charge in [-0.15, -0.1) is 0 Å². The van der Waals surface area contributed by atoms with E-state index >= 15 is 0 Å². The van der Waals surface area contributed by atoms with Crippen LogP contribution in [0.4, 0.5) is 0 Å². The quantitative estimate of drug-likeness (QED) is 0.634. The minimum Gasteiger partial charge on any atom is -0.389 e. The van der Waals surface area contributed by atoms with Crippen LogP contribution in [0.2, 0.25) is 0 Å². The molecule has 2 N–H and O–H groups in total. The molecule has 1 heterocycles. The molecule has 0 saturated carbocycles. The Bertz CT molecular complexity index is 196. The number of thioether (sulfide) groups is 1. The van der Waals surface area contributed by atoms with E-state index in [1.54, 1.807) is 0 Å². The van der Waals surface area contributed by atoms with E-state index in [4.69, 9.17) is 4.74 Å². The zero-order valence-corrected chi connectivity index (χ0v) is 12.7. The fourth-order valence-electron chi connectivity index (χ4n) is 2.08. The van der Waals surface area contributed by atoms with Crippen LogP contribution in [0.15, 0.2) is 0 Å². The zero-order chi connectivity index (χ0) is 13.2. The lowest BCUT2D eigenvalue weighted by Crippen LogP contribution is -2.40. The van der Waals surface area contributed by atoms with Crippen molar-refractivity contribution in [3.63, 3.8) is 0 Å². The highest BCUT2D eigenvalue weighted by atomic mass is 32.2. The van der Waals surface area contributed by atoms with Gasteiger partial charge < -0.3 is 15.2 Å². The number of aliphatic hydroxyl groups is 1. The molecule has 1 aliphatic rings. The minimum atomic E-state index is -0.365. The topological polar surface area (TPSA) is 41.5 Å². The summed E-state index contributed by atoms with van der Waals surface area (Å²) in [5, 5.41) is 13.2. The van der Waals surface area contributed by atoms with Crippen LogP contribution in [0, 0.1) is 5.92 Å². The first-order valence-electron chi connectivity index (χ1n) is 7.25. The summed E-state index contributed by atoms with van der Waals surface area (Å²) in [6.07, 6.45) is 4.47. The third-order valence-electron chi connectivity index (χ3n) is 3.18. The average molecular weight is 275 g/mol. The van der Waals surface area contributed by atoms with E-state index in [0.29, 0.717) is 19.2 Å². The van der Waals surface area contributed by atoms with E-state index in [1.165, 1.54) is 30.8 Å². The highest BCUT2D eigenvalue weighted by Gasteiger charge is 2.14. The molecule has 0 aliphatic carbocycles. The van der Waals surface area contributed by atoms with Crippen molar-refractivity contribution in [3.8, 4) is 0 Å². The maximum Gasteiger partial charge on any atom is 0.0897 e. The van der Waals surface area contributed by atoms with Gasteiger partial charge in [-0.25, -0.2) is 0 Å². The van der Waals surface area contributed by atoms with Crippen LogP contribution in [0.25, 0.3) is 0 Å². The van der Waals surface area contributed by atoms with Gasteiger partial charge in [-0.1, -0.05) is 13.8 Å². The smallest absolute Gasteiger partial charge is 0.0897 e. The molecule has 18 heavy (non-hydrogen) atoms. The second-order valence-electron chi connectivity index (χ2n) is 5.59. The zero-order valence-electron chi connectivity index (χ0n) is 11.9. The van der Waals surface area contributed by atoms with Crippen LogP contribution < -0.4 is 5.32 Å². The van der Waals surface area contributed by atoms with Gasteiger partial charge in [-0.3, -0.25) is 0 Å². The first-order valence-corrected chi connectivity index (χ1v) is 8.41. The summed E-state index contributed by atoms with van der Waals surface area (Å²) < 4.78 is 5.49. The molecule has 108 valence electrons. The van der Waals surface area contributed by atoms with E-state index in [9.17, 15) is 5.11 Å². The highest BCUT2D eigenvalue weighted by Crippen LogP contribution is 2.16. The molecule has 3 nitrogen and oxygen atoms in total. The van der Waals surface area contributed by atoms with Gasteiger partial charge in [0.1, 0.15) is 0 Å². The molecule has 1 fully saturated rings. The fourth-order valence-corrected chi connectivity index (χ4v) is 3.18. The third-order valence-corrected chi connectivity index (χ3v) is 4.40. The van der Waals surface area contributed by atoms with Crippen LogP contribution >= 0.6 is 11.8 Å². The molecular weight excluding hydrogens is 246 g/mol. The number of hydrogen-bond acceptors (Lipinski definition) is 4. The number of nitrogens with one attached hydrogen (secondary N) is 1. The lowest BCUT2D eigenvalue weighted by atomic mass is 10.1. The van der Waals surface area contributed by atoms with E-state index in [1.807, 2.05) is 11.8 Å². The van der Waals surface area contributed by atoms with Crippen LogP contribution in [-0.4, -0.2) is 48.5 Å². The molecule has 1 aliphatic heterocycles. The predicted octanol–water partition coefficient (Wildman–Crippen LogP) is 2.29. The Hall–Kier alpha value is 0.230. The van der Waals surface area contributed by atoms with Crippen LogP contribution in [0.5, 0.6) is 0 Å². The van der Waals surface area contributed by atoms with E-state index in [-0.39, 0.29) is 6.10 Å². The molecule has 0 radical (unpaired) electrons. The molecular formula is C14H29NO2S. The van der Waals surface area contributed by atoms with Crippen molar-refractivity contribution in [2.24, 2.45) is 5.92 Å². The van der Waals surface area contributed by atoms with Crippen molar-refractivity contribution in [1.29, 1.82) is 0 Å². The van der Waals surface area contributed by atoms with Gasteiger partial charge in [0, 0.05) is 24.9 Å². The first-order chi connectivity index (χ1) is 8.68. The second-order valence-corrected chi connectivity index (χ2v) is 6.74. The van der Waals surface area contributed by atoms with Crippen molar-refractivity contribution >= 4 is 11.8 Å². The lowest BCUT2D eigenvalue weighted by molar-refractivity contribution is 0.0336. The van der Waals surface area contributed by atoms with Gasteiger partial charge in [-0.05, 0) is 37.4 Å². The van der Waals surface area contributed by atoms with Gasteiger partial charge in [0.2, 0.25) is 0 Å². The Morgan fingerprint density at radius 3 is 2.94 bits per heavy atom. The monoisotopic (exact) mass is 275 g/mol. The summed E-state index contributed by atoms with van der Waals surface area (Å²) in [7, 11) is 0. The third kappa shape index (κ3) is 8.35. The molecule has 1 saturated heterocycles. The number of hydrogen-bond donors (Lipinski definition) is 2. The summed E-state index contributed by atoms with van der Waals surface area (Å²) >= 11 is 2.01. The van der Waals surface area contributed by atoms with E-state index < -0.39 is 0 Å². The standard InChI is InChI=1S/C14H29NO2S/c1-12(2)5-3-7-17-10-14(16)9-15-13-6-4-8-18-11-13/h12-16H,3-11H2,1-2H3. The normalized spacial score (nSPS) is 22.3. The van der Waals surface area contributed by atoms with Crippen molar-refractivity contribution in [2.75, 3.05) is 31.3 Å². The largest absolute Gasteiger partial charge is 0.389 e. The summed E-state index contributed by atoms with van der Waals surface area (Å²) in [6, 6.07) is 0.583. The highest BCUT2D eigenvalue weighted by molar-refractivity contribution is 7.99. The summed E-state index contributed by atoms with van der Waals surface area (Å²) in [6.45, 7) is 6.34. The first kappa shape index (κ1) is 16.3. The van der Waals surface area contributed by atoms with Crippen LogP contribution in [0.3, 0.4) is 0 Å². The maximum absolute atomic E-state index is 9.79. The van der Waals surface area contributed by atoms with Crippen molar-refractivity contribution < 1.29 is 9.84 Å².